The number of carbonyl (C=O) groups excluding carboxylic acids is 1. The Labute approximate surface area is 163 Å². The van der Waals surface area contributed by atoms with Crippen LogP contribution in [0.2, 0.25) is 5.02 Å². The third-order valence-electron chi connectivity index (χ3n) is 3.88. The van der Waals surface area contributed by atoms with E-state index < -0.39 is 5.91 Å². The van der Waals surface area contributed by atoms with Gasteiger partial charge in [-0.05, 0) is 18.2 Å². The predicted molar refractivity (Wildman–Crippen MR) is 105 cm³/mol. The number of amides is 1. The number of terminal acetylenes is 1. The van der Waals surface area contributed by atoms with Crippen LogP contribution in [0.5, 0.6) is 0 Å². The van der Waals surface area contributed by atoms with E-state index in [1.165, 1.54) is 11.3 Å². The number of benzene rings is 2. The van der Waals surface area contributed by atoms with Crippen molar-refractivity contribution in [3.8, 4) is 23.7 Å². The van der Waals surface area contributed by atoms with Gasteiger partial charge in [-0.15, -0.1) is 6.42 Å². The average Bonchev–Trinajstić information content (AvgIpc) is 3.28. The minimum Gasteiger partial charge on any atom is -0.355 e. The van der Waals surface area contributed by atoms with Gasteiger partial charge in [-0.3, -0.25) is 4.79 Å². The molecule has 0 saturated carbocycles. The van der Waals surface area contributed by atoms with Crippen molar-refractivity contribution in [1.82, 2.24) is 9.72 Å². The minimum absolute atomic E-state index is 0.136. The molecule has 0 bridgehead atoms. The highest BCUT2D eigenvalue weighted by Gasteiger charge is 2.14. The Morgan fingerprint density at radius 2 is 2.07 bits per heavy atom. The second-order valence-corrected chi connectivity index (χ2v) is 7.09. The maximum atomic E-state index is 12.6. The monoisotopic (exact) mass is 393 g/mol. The fourth-order valence-corrected chi connectivity index (χ4v) is 3.94. The molecule has 2 aromatic carbocycles. The zero-order valence-electron chi connectivity index (χ0n) is 13.9. The quantitative estimate of drug-likeness (QED) is 0.485. The fourth-order valence-electron chi connectivity index (χ4n) is 2.64. The third kappa shape index (κ3) is 3.43. The molecule has 2 heterocycles. The van der Waals surface area contributed by atoms with E-state index in [2.05, 4.69) is 16.1 Å². The van der Waals surface area contributed by atoms with Crippen LogP contribution in [-0.2, 0) is 6.54 Å². The second kappa shape index (κ2) is 7.23. The van der Waals surface area contributed by atoms with Gasteiger partial charge in [-0.2, -0.15) is 4.99 Å². The molecule has 4 aromatic rings. The Kier molecular flexibility index (Phi) is 4.63. The molecular weight excluding hydrogens is 382 g/mol. The summed E-state index contributed by atoms with van der Waals surface area (Å²) < 4.78 is 7.97. The highest BCUT2D eigenvalue weighted by molar-refractivity contribution is 7.16. The molecule has 0 N–H and O–H groups in total. The molecule has 132 valence electrons. The maximum absolute atomic E-state index is 12.6. The Bertz CT molecular complexity index is 1250. The van der Waals surface area contributed by atoms with Gasteiger partial charge in [0.15, 0.2) is 16.3 Å². The van der Waals surface area contributed by atoms with Gasteiger partial charge in [0.05, 0.1) is 16.8 Å². The Morgan fingerprint density at radius 1 is 1.26 bits per heavy atom. The van der Waals surface area contributed by atoms with Gasteiger partial charge in [0.2, 0.25) is 0 Å². The van der Waals surface area contributed by atoms with Gasteiger partial charge in [0.1, 0.15) is 0 Å². The Hall–Kier alpha value is -3.14. The highest BCUT2D eigenvalue weighted by atomic mass is 35.5. The van der Waals surface area contributed by atoms with E-state index in [1.54, 1.807) is 16.7 Å². The van der Waals surface area contributed by atoms with Gasteiger partial charge < -0.3 is 9.09 Å². The van der Waals surface area contributed by atoms with Crippen molar-refractivity contribution in [1.29, 1.82) is 0 Å². The van der Waals surface area contributed by atoms with Gasteiger partial charge in [-0.1, -0.05) is 64.3 Å². The molecule has 0 radical (unpaired) electrons. The number of hydrogen-bond acceptors (Lipinski definition) is 4. The molecule has 0 aliphatic rings. The van der Waals surface area contributed by atoms with Crippen molar-refractivity contribution in [3.05, 3.63) is 70.1 Å². The van der Waals surface area contributed by atoms with Crippen LogP contribution < -0.4 is 4.80 Å². The molecule has 4 rings (SSSR count). The van der Waals surface area contributed by atoms with Crippen LogP contribution in [0.3, 0.4) is 0 Å². The first kappa shape index (κ1) is 17.3. The van der Waals surface area contributed by atoms with E-state index in [0.717, 1.165) is 15.8 Å². The number of nitrogens with zero attached hydrogens (tertiary/aromatic N) is 3. The standard InChI is InChI=1S/C20H12ClN3O2S/c1-2-10-24-16-9-8-14(21)11-18(16)27-20(24)22-19(25)15-12-17(26-23-15)13-6-4-3-5-7-13/h1,3-9,11-12H,10H2. The molecule has 0 aliphatic carbocycles. The number of aromatic nitrogens is 2. The Morgan fingerprint density at radius 3 is 2.85 bits per heavy atom. The topological polar surface area (TPSA) is 60.4 Å². The molecule has 0 fully saturated rings. The summed E-state index contributed by atoms with van der Waals surface area (Å²) in [4.78, 5) is 17.3. The van der Waals surface area contributed by atoms with Crippen molar-refractivity contribution in [2.45, 2.75) is 6.54 Å². The van der Waals surface area contributed by atoms with Gasteiger partial charge in [-0.25, -0.2) is 0 Å². The molecule has 5 nitrogen and oxygen atoms in total. The van der Waals surface area contributed by atoms with Crippen LogP contribution in [-0.4, -0.2) is 15.6 Å². The lowest BCUT2D eigenvalue weighted by Crippen LogP contribution is -2.16. The lowest BCUT2D eigenvalue weighted by atomic mass is 10.1. The first-order valence-corrected chi connectivity index (χ1v) is 9.19. The molecule has 0 unspecified atom stereocenters. The Balaban J connectivity index is 1.75. The van der Waals surface area contributed by atoms with Crippen LogP contribution in [0.4, 0.5) is 0 Å². The first-order valence-electron chi connectivity index (χ1n) is 7.99. The van der Waals surface area contributed by atoms with Gasteiger partial charge in [0, 0.05) is 16.7 Å². The molecule has 0 atom stereocenters. The van der Waals surface area contributed by atoms with E-state index in [4.69, 9.17) is 22.5 Å². The molecular formula is C20H12ClN3O2S. The molecule has 27 heavy (non-hydrogen) atoms. The summed E-state index contributed by atoms with van der Waals surface area (Å²) in [7, 11) is 0. The van der Waals surface area contributed by atoms with Crippen molar-refractivity contribution in [2.75, 3.05) is 0 Å². The first-order chi connectivity index (χ1) is 13.2. The summed E-state index contributed by atoms with van der Waals surface area (Å²) in [5.41, 5.74) is 1.85. The lowest BCUT2D eigenvalue weighted by Gasteiger charge is -1.99. The van der Waals surface area contributed by atoms with Crippen molar-refractivity contribution < 1.29 is 9.32 Å². The number of carbonyl (C=O) groups is 1. The number of halogens is 1. The number of fused-ring (bicyclic) bond motifs is 1. The normalized spacial score (nSPS) is 11.6. The summed E-state index contributed by atoms with van der Waals surface area (Å²) >= 11 is 7.40. The summed E-state index contributed by atoms with van der Waals surface area (Å²) in [6, 6.07) is 16.5. The van der Waals surface area contributed by atoms with E-state index in [1.807, 2.05) is 42.5 Å². The van der Waals surface area contributed by atoms with Crippen molar-refractivity contribution in [3.63, 3.8) is 0 Å². The number of rotatable bonds is 3. The van der Waals surface area contributed by atoms with Crippen molar-refractivity contribution >= 4 is 39.1 Å². The third-order valence-corrected chi connectivity index (χ3v) is 5.16. The highest BCUT2D eigenvalue weighted by Crippen LogP contribution is 2.22. The zero-order valence-corrected chi connectivity index (χ0v) is 15.5. The van der Waals surface area contributed by atoms with E-state index in [0.29, 0.717) is 22.1 Å². The van der Waals surface area contributed by atoms with Crippen LogP contribution in [0.1, 0.15) is 10.5 Å². The predicted octanol–water partition coefficient (Wildman–Crippen LogP) is 4.39. The summed E-state index contributed by atoms with van der Waals surface area (Å²) in [6.45, 7) is 0.293. The zero-order chi connectivity index (χ0) is 18.8. The number of thiazole rings is 1. The molecule has 2 aromatic heterocycles. The van der Waals surface area contributed by atoms with Crippen molar-refractivity contribution in [2.24, 2.45) is 4.99 Å². The van der Waals surface area contributed by atoms with E-state index in [9.17, 15) is 4.79 Å². The lowest BCUT2D eigenvalue weighted by molar-refractivity contribution is 0.0989. The molecule has 0 spiro atoms. The van der Waals surface area contributed by atoms with E-state index in [-0.39, 0.29) is 5.69 Å². The van der Waals surface area contributed by atoms with E-state index >= 15 is 0 Å². The average molecular weight is 394 g/mol. The van der Waals surface area contributed by atoms with Crippen LogP contribution in [0.25, 0.3) is 21.5 Å². The van der Waals surface area contributed by atoms with Crippen LogP contribution in [0, 0.1) is 12.3 Å². The molecule has 0 saturated heterocycles. The van der Waals surface area contributed by atoms with Gasteiger partial charge >= 0.3 is 5.91 Å². The fraction of sp³-hybridized carbons (Fsp3) is 0.0500. The van der Waals surface area contributed by atoms with Gasteiger partial charge in [0.25, 0.3) is 0 Å². The SMILES string of the molecule is C#CCn1c(=NC(=O)c2cc(-c3ccccc3)on2)sc2cc(Cl)ccc21. The molecule has 1 amide bonds. The second-order valence-electron chi connectivity index (χ2n) is 5.65. The molecule has 0 aliphatic heterocycles. The van der Waals surface area contributed by atoms with Crippen LogP contribution >= 0.6 is 22.9 Å². The largest absolute Gasteiger partial charge is 0.355 e. The summed E-state index contributed by atoms with van der Waals surface area (Å²) in [5, 5.41) is 4.46. The maximum Gasteiger partial charge on any atom is 0.301 e. The van der Waals surface area contributed by atoms with Crippen LogP contribution in [0.15, 0.2) is 64.1 Å². The smallest absolute Gasteiger partial charge is 0.301 e. The minimum atomic E-state index is -0.496. The summed E-state index contributed by atoms with van der Waals surface area (Å²) in [5.74, 6) is 2.60. The molecule has 7 heteroatoms. The summed E-state index contributed by atoms with van der Waals surface area (Å²) in [6.07, 6.45) is 5.47. The number of hydrogen-bond donors (Lipinski definition) is 0.